The summed E-state index contributed by atoms with van der Waals surface area (Å²) < 4.78 is 29.5. The zero-order valence-electron chi connectivity index (χ0n) is 27.5. The maximum absolute atomic E-state index is 13.4. The van der Waals surface area contributed by atoms with Gasteiger partial charge in [-0.25, -0.2) is 17.9 Å². The summed E-state index contributed by atoms with van der Waals surface area (Å²) in [6.45, 7) is 9.22. The van der Waals surface area contributed by atoms with Gasteiger partial charge in [0.25, 0.3) is 0 Å². The van der Waals surface area contributed by atoms with Crippen molar-refractivity contribution in [2.24, 2.45) is 0 Å². The molecule has 3 atom stereocenters. The van der Waals surface area contributed by atoms with Crippen LogP contribution in [0.1, 0.15) is 41.5 Å². The number of alkyl halides is 1. The van der Waals surface area contributed by atoms with E-state index < -0.39 is 17.7 Å². The topological polar surface area (TPSA) is 126 Å². The van der Waals surface area contributed by atoms with Crippen LogP contribution in [0.5, 0.6) is 0 Å². The summed E-state index contributed by atoms with van der Waals surface area (Å²) in [5, 5.41) is 28.6. The van der Waals surface area contributed by atoms with Crippen LogP contribution < -0.4 is 10.6 Å². The number of nitrogens with zero attached hydrogens (tertiary/aromatic N) is 7. The van der Waals surface area contributed by atoms with E-state index in [2.05, 4.69) is 67.0 Å². The lowest BCUT2D eigenvalue weighted by Crippen LogP contribution is -2.57. The Kier molecular flexibility index (Phi) is 10.4. The van der Waals surface area contributed by atoms with Gasteiger partial charge in [-0.05, 0) is 56.0 Å². The van der Waals surface area contributed by atoms with E-state index in [1.54, 1.807) is 13.3 Å². The Balaban J connectivity index is 1.11. The summed E-state index contributed by atoms with van der Waals surface area (Å²) in [5.74, 6) is 1.29. The quantitative estimate of drug-likeness (QED) is 0.215. The third kappa shape index (κ3) is 7.02. The molecule has 6 rings (SSSR count). The van der Waals surface area contributed by atoms with Crippen molar-refractivity contribution in [2.45, 2.75) is 64.6 Å². The maximum Gasteiger partial charge on any atom is 0.225 e. The second kappa shape index (κ2) is 14.5. The van der Waals surface area contributed by atoms with Crippen LogP contribution in [0.4, 0.5) is 16.2 Å². The Morgan fingerprint density at radius 2 is 1.98 bits per heavy atom. The van der Waals surface area contributed by atoms with Crippen molar-refractivity contribution < 1.29 is 13.7 Å². The highest BCUT2D eigenvalue weighted by molar-refractivity contribution is 7.81. The normalized spacial score (nSPS) is 20.1. The fraction of sp³-hybridized carbons (Fsp3) is 0.545. The van der Waals surface area contributed by atoms with Gasteiger partial charge in [-0.3, -0.25) is 9.80 Å². The first-order chi connectivity index (χ1) is 22.7. The summed E-state index contributed by atoms with van der Waals surface area (Å²) in [6, 6.07) is 10.9. The van der Waals surface area contributed by atoms with Crippen molar-refractivity contribution in [3.63, 3.8) is 0 Å². The second-order valence-corrected chi connectivity index (χ2v) is 15.1. The average molecular weight is 682 g/mol. The molecule has 2 fully saturated rings. The molecule has 11 nitrogen and oxygen atoms in total. The number of fused-ring (bicyclic) bond motifs is 2. The third-order valence-corrected chi connectivity index (χ3v) is 11.9. The number of anilines is 2. The number of piperidine rings is 1. The molecule has 14 heteroatoms. The molecule has 2 saturated heterocycles. The monoisotopic (exact) mass is 681 g/mol. The molecule has 47 heavy (non-hydrogen) atoms. The highest BCUT2D eigenvalue weighted by atomic mass is 32.2. The molecule has 2 aliphatic rings. The van der Waals surface area contributed by atoms with Gasteiger partial charge in [0.2, 0.25) is 5.95 Å². The number of aryl methyl sites for hydroxylation is 1. The number of piperazine rings is 1. The van der Waals surface area contributed by atoms with Crippen LogP contribution in [0.3, 0.4) is 0 Å². The molecular weight excluding hydrogens is 638 g/mol. The average Bonchev–Trinajstić information content (AvgIpc) is 3.67. The number of aliphatic hydroxyl groups is 1. The Morgan fingerprint density at radius 3 is 2.66 bits per heavy atom. The van der Waals surface area contributed by atoms with E-state index in [0.717, 1.165) is 66.0 Å². The Hall–Kier alpha value is -3.19. The highest BCUT2D eigenvalue weighted by Crippen LogP contribution is 2.32. The number of halogens is 1. The standard InChI is InChI=1S/C33H44FN9O2S2/c1-21(41-11-12-43(47(4)45)26(19-41)20-44)17-42-25(16-35)13-28-22(2)23(5-6-30(28)42)18-40-9-7-24(8-10-40)37-31-29-14-27(15-34)46-32(29)39-33(36-3)38-31/h5-6,13-14,21,24,26,44H,7-12,15,17-20H2,1-4H3,(H2,36,37,38,39)/t21-,26?,47?/m0/s1. The van der Waals surface area contributed by atoms with Crippen LogP contribution in [0.2, 0.25) is 0 Å². The lowest BCUT2D eigenvalue weighted by molar-refractivity contribution is 0.0675. The van der Waals surface area contributed by atoms with E-state index in [4.69, 9.17) is 0 Å². The molecule has 3 aromatic heterocycles. The number of benzene rings is 1. The molecule has 3 N–H and O–H groups in total. The predicted molar refractivity (Wildman–Crippen MR) is 188 cm³/mol. The summed E-state index contributed by atoms with van der Waals surface area (Å²) in [6.07, 6.45) is 3.60. The number of nitriles is 1. The fourth-order valence-corrected chi connectivity index (χ4v) is 8.81. The highest BCUT2D eigenvalue weighted by Gasteiger charge is 2.31. The zero-order chi connectivity index (χ0) is 33.2. The molecule has 0 spiro atoms. The largest absolute Gasteiger partial charge is 0.395 e. The number of aromatic nitrogens is 3. The molecule has 1 aromatic carbocycles. The minimum atomic E-state index is -1.11. The predicted octanol–water partition coefficient (Wildman–Crippen LogP) is 4.07. The van der Waals surface area contributed by atoms with Gasteiger partial charge in [-0.15, -0.1) is 11.3 Å². The smallest absolute Gasteiger partial charge is 0.225 e. The van der Waals surface area contributed by atoms with Crippen LogP contribution in [0, 0.1) is 18.3 Å². The summed E-state index contributed by atoms with van der Waals surface area (Å²) in [4.78, 5) is 15.4. The number of hydrogen-bond acceptors (Lipinski definition) is 10. The number of thiophene rings is 1. The molecule has 0 saturated carbocycles. The van der Waals surface area contributed by atoms with E-state index in [9.17, 15) is 19.0 Å². The van der Waals surface area contributed by atoms with Gasteiger partial charge in [0.1, 0.15) is 29.1 Å². The SMILES string of the molecule is CNc1nc(NC2CCN(Cc3ccc4c(cc(C#N)n4C[C@H](C)N4CCN(S(C)=O)C(CO)C4)c3C)CC2)c2cc(CF)sc2n1. The van der Waals surface area contributed by atoms with Gasteiger partial charge < -0.3 is 20.3 Å². The molecule has 5 heterocycles. The van der Waals surface area contributed by atoms with Crippen LogP contribution in [-0.2, 0) is 30.7 Å². The minimum absolute atomic E-state index is 0.0324. The number of hydrogen-bond donors (Lipinski definition) is 3. The summed E-state index contributed by atoms with van der Waals surface area (Å²) in [7, 11) is 0.675. The molecule has 2 aliphatic heterocycles. The van der Waals surface area contributed by atoms with E-state index in [-0.39, 0.29) is 24.7 Å². The van der Waals surface area contributed by atoms with Gasteiger partial charge in [0.05, 0.1) is 29.0 Å². The molecule has 252 valence electrons. The lowest BCUT2D eigenvalue weighted by Gasteiger charge is -2.41. The Labute approximate surface area is 282 Å². The van der Waals surface area contributed by atoms with Gasteiger partial charge in [-0.1, -0.05) is 6.07 Å². The first-order valence-corrected chi connectivity index (χ1v) is 18.6. The minimum Gasteiger partial charge on any atom is -0.395 e. The third-order valence-electron chi connectivity index (χ3n) is 9.77. The molecular formula is C33H44FN9O2S2. The van der Waals surface area contributed by atoms with Gasteiger partial charge in [0.15, 0.2) is 0 Å². The number of likely N-dealkylation sites (tertiary alicyclic amines) is 1. The van der Waals surface area contributed by atoms with Crippen LogP contribution in [0.15, 0.2) is 24.3 Å². The van der Waals surface area contributed by atoms with E-state index in [1.807, 2.05) is 16.4 Å². The van der Waals surface area contributed by atoms with E-state index in [0.29, 0.717) is 36.2 Å². The molecule has 2 unspecified atom stereocenters. The van der Waals surface area contributed by atoms with Crippen molar-refractivity contribution in [1.29, 1.82) is 5.26 Å². The van der Waals surface area contributed by atoms with E-state index >= 15 is 0 Å². The van der Waals surface area contributed by atoms with Crippen molar-refractivity contribution in [2.75, 3.05) is 63.3 Å². The van der Waals surface area contributed by atoms with Crippen molar-refractivity contribution in [3.8, 4) is 6.07 Å². The van der Waals surface area contributed by atoms with E-state index in [1.165, 1.54) is 22.5 Å². The second-order valence-electron chi connectivity index (χ2n) is 12.7. The molecule has 0 aliphatic carbocycles. The first-order valence-electron chi connectivity index (χ1n) is 16.2. The van der Waals surface area contributed by atoms with Crippen molar-refractivity contribution in [3.05, 3.63) is 46.0 Å². The Bertz CT molecular complexity index is 1800. The van der Waals surface area contributed by atoms with Gasteiger partial charge in [0, 0.05) is 87.0 Å². The Morgan fingerprint density at radius 1 is 1.19 bits per heavy atom. The number of rotatable bonds is 11. The van der Waals surface area contributed by atoms with Gasteiger partial charge >= 0.3 is 0 Å². The number of nitrogens with one attached hydrogen (secondary N) is 2. The molecule has 4 aromatic rings. The molecule has 0 radical (unpaired) electrons. The summed E-state index contributed by atoms with van der Waals surface area (Å²) >= 11 is 1.37. The van der Waals surface area contributed by atoms with Crippen LogP contribution in [0.25, 0.3) is 21.1 Å². The molecule has 0 bridgehead atoms. The first kappa shape index (κ1) is 33.7. The maximum atomic E-state index is 13.4. The summed E-state index contributed by atoms with van der Waals surface area (Å²) in [5.41, 5.74) is 4.18. The fourth-order valence-electron chi connectivity index (χ4n) is 7.04. The van der Waals surface area contributed by atoms with Crippen molar-refractivity contribution in [1.82, 2.24) is 28.6 Å². The van der Waals surface area contributed by atoms with Gasteiger partial charge in [-0.2, -0.15) is 10.2 Å². The number of aliphatic hydroxyl groups excluding tert-OH is 1. The van der Waals surface area contributed by atoms with Crippen LogP contribution >= 0.6 is 11.3 Å². The lowest BCUT2D eigenvalue weighted by atomic mass is 10.0. The van der Waals surface area contributed by atoms with Crippen LogP contribution in [-0.4, -0.2) is 109 Å². The van der Waals surface area contributed by atoms with Crippen molar-refractivity contribution >= 4 is 55.2 Å². The molecule has 0 amide bonds. The zero-order valence-corrected chi connectivity index (χ0v) is 29.1.